The summed E-state index contributed by atoms with van der Waals surface area (Å²) in [6.45, 7) is 6.49. The largest absolute Gasteiger partial charge is 0.422 e. The number of thiazole rings is 1. The summed E-state index contributed by atoms with van der Waals surface area (Å²) in [5.41, 5.74) is 5.04. The number of hydrogen-bond acceptors (Lipinski definition) is 5. The quantitative estimate of drug-likeness (QED) is 0.392. The van der Waals surface area contributed by atoms with Gasteiger partial charge in [0.2, 0.25) is 0 Å². The minimum atomic E-state index is -0.350. The molecule has 140 valence electrons. The van der Waals surface area contributed by atoms with Crippen LogP contribution in [0, 0.1) is 0 Å². The molecular weight excluding hydrogens is 368 g/mol. The highest BCUT2D eigenvalue weighted by Gasteiger charge is 2.29. The maximum atomic E-state index is 12.7. The lowest BCUT2D eigenvalue weighted by atomic mass is 9.89. The van der Waals surface area contributed by atoms with Crippen LogP contribution in [-0.2, 0) is 0 Å². The highest BCUT2D eigenvalue weighted by atomic mass is 32.1. The van der Waals surface area contributed by atoms with Gasteiger partial charge in [-0.15, -0.1) is 11.3 Å². The molecule has 1 aliphatic rings. The number of rotatable bonds is 1. The van der Waals surface area contributed by atoms with Crippen molar-refractivity contribution in [3.05, 3.63) is 64.5 Å². The molecule has 1 aliphatic heterocycles. The first-order chi connectivity index (χ1) is 13.3. The second-order valence-corrected chi connectivity index (χ2v) is 8.91. The summed E-state index contributed by atoms with van der Waals surface area (Å²) in [4.78, 5) is 19.6. The van der Waals surface area contributed by atoms with E-state index in [0.29, 0.717) is 16.2 Å². The van der Waals surface area contributed by atoms with Gasteiger partial charge >= 0.3 is 5.63 Å². The third kappa shape index (κ3) is 2.50. The molecule has 4 nitrogen and oxygen atoms in total. The van der Waals surface area contributed by atoms with Gasteiger partial charge in [0.25, 0.3) is 0 Å². The van der Waals surface area contributed by atoms with E-state index in [1.54, 1.807) is 0 Å². The van der Waals surface area contributed by atoms with E-state index in [9.17, 15) is 4.79 Å². The Morgan fingerprint density at radius 3 is 2.64 bits per heavy atom. The van der Waals surface area contributed by atoms with Crippen molar-refractivity contribution in [2.24, 2.45) is 0 Å². The first-order valence-electron chi connectivity index (χ1n) is 9.25. The topological polar surface area (TPSA) is 46.3 Å². The molecule has 0 N–H and O–H groups in total. The number of nitrogens with zero attached hydrogens (tertiary/aromatic N) is 2. The SMILES string of the molecule is CC1=CC(C)(C)N(C)c2cc3oc(=O)c(-c4nc5ccccc5s4)cc3cc21. The maximum Gasteiger partial charge on any atom is 0.346 e. The highest BCUT2D eigenvalue weighted by Crippen LogP contribution is 2.40. The Morgan fingerprint density at radius 2 is 1.86 bits per heavy atom. The predicted molar refractivity (Wildman–Crippen MR) is 117 cm³/mol. The van der Waals surface area contributed by atoms with Crippen molar-refractivity contribution < 1.29 is 4.42 Å². The Morgan fingerprint density at radius 1 is 1.11 bits per heavy atom. The van der Waals surface area contributed by atoms with E-state index in [4.69, 9.17) is 4.42 Å². The zero-order chi connectivity index (χ0) is 19.6. The molecule has 28 heavy (non-hydrogen) atoms. The van der Waals surface area contributed by atoms with E-state index < -0.39 is 0 Å². The molecule has 0 spiro atoms. The molecule has 2 aromatic carbocycles. The molecule has 0 fully saturated rings. The van der Waals surface area contributed by atoms with Crippen LogP contribution in [0.4, 0.5) is 5.69 Å². The Labute approximate surface area is 166 Å². The number of allylic oxidation sites excluding steroid dienone is 1. The van der Waals surface area contributed by atoms with E-state index in [1.165, 1.54) is 22.5 Å². The van der Waals surface area contributed by atoms with Crippen molar-refractivity contribution >= 4 is 43.8 Å². The number of aromatic nitrogens is 1. The van der Waals surface area contributed by atoms with E-state index in [0.717, 1.165) is 21.3 Å². The standard InChI is InChI=1S/C23H20N2O2S/c1-13-12-23(2,3)25(4)18-11-19-14(9-15(13)18)10-16(22(26)27-19)21-24-17-7-5-6-8-20(17)28-21/h5-12H,1-4H3. The Hall–Kier alpha value is -2.92. The van der Waals surface area contributed by atoms with Crippen molar-refractivity contribution in [3.63, 3.8) is 0 Å². The number of likely N-dealkylation sites (N-methyl/N-ethyl adjacent to an activating group) is 1. The smallest absolute Gasteiger partial charge is 0.346 e. The van der Waals surface area contributed by atoms with Crippen molar-refractivity contribution in [2.45, 2.75) is 26.3 Å². The Kier molecular flexibility index (Phi) is 3.55. The maximum absolute atomic E-state index is 12.7. The number of para-hydroxylation sites is 1. The number of benzene rings is 2. The monoisotopic (exact) mass is 388 g/mol. The van der Waals surface area contributed by atoms with Gasteiger partial charge in [-0.05, 0) is 50.6 Å². The first-order valence-corrected chi connectivity index (χ1v) is 10.1. The zero-order valence-corrected chi connectivity index (χ0v) is 17.1. The molecule has 5 rings (SSSR count). The van der Waals surface area contributed by atoms with E-state index >= 15 is 0 Å². The summed E-state index contributed by atoms with van der Waals surface area (Å²) in [7, 11) is 2.07. The van der Waals surface area contributed by atoms with E-state index in [2.05, 4.69) is 49.8 Å². The van der Waals surface area contributed by atoms with Crippen LogP contribution < -0.4 is 10.5 Å². The third-order valence-corrected chi connectivity index (χ3v) is 6.66. The molecule has 0 aliphatic carbocycles. The van der Waals surface area contributed by atoms with Crippen LogP contribution in [0.15, 0.2) is 57.8 Å². The molecule has 0 saturated heterocycles. The molecule has 3 heterocycles. The van der Waals surface area contributed by atoms with Crippen LogP contribution in [-0.4, -0.2) is 17.6 Å². The average Bonchev–Trinajstić information content (AvgIpc) is 3.08. The highest BCUT2D eigenvalue weighted by molar-refractivity contribution is 7.21. The number of anilines is 1. The molecule has 5 heteroatoms. The lowest BCUT2D eigenvalue weighted by Gasteiger charge is -2.40. The van der Waals surface area contributed by atoms with Crippen LogP contribution >= 0.6 is 11.3 Å². The second kappa shape index (κ2) is 5.79. The van der Waals surface area contributed by atoms with Gasteiger partial charge in [0.1, 0.15) is 10.6 Å². The van der Waals surface area contributed by atoms with Crippen LogP contribution in [0.5, 0.6) is 0 Å². The van der Waals surface area contributed by atoms with E-state index in [1.807, 2.05) is 36.4 Å². The predicted octanol–water partition coefficient (Wildman–Crippen LogP) is 5.70. The van der Waals surface area contributed by atoms with Crippen molar-refractivity contribution in [3.8, 4) is 10.6 Å². The van der Waals surface area contributed by atoms with Gasteiger partial charge in [-0.2, -0.15) is 0 Å². The van der Waals surface area contributed by atoms with Gasteiger partial charge in [-0.1, -0.05) is 18.2 Å². The molecule has 0 amide bonds. The zero-order valence-electron chi connectivity index (χ0n) is 16.2. The van der Waals surface area contributed by atoms with Gasteiger partial charge < -0.3 is 9.32 Å². The van der Waals surface area contributed by atoms with E-state index in [-0.39, 0.29) is 11.2 Å². The molecular formula is C23H20N2O2S. The van der Waals surface area contributed by atoms with Gasteiger partial charge in [-0.3, -0.25) is 0 Å². The molecule has 0 bridgehead atoms. The van der Waals surface area contributed by atoms with Gasteiger partial charge in [0, 0.05) is 29.8 Å². The number of hydrogen-bond donors (Lipinski definition) is 0. The fourth-order valence-electron chi connectivity index (χ4n) is 3.90. The normalized spacial score (nSPS) is 15.7. The fraction of sp³-hybridized carbons (Fsp3) is 0.217. The lowest BCUT2D eigenvalue weighted by molar-refractivity contribution is 0.561. The van der Waals surface area contributed by atoms with Crippen LogP contribution in [0.25, 0.3) is 37.3 Å². The Bertz CT molecular complexity index is 1310. The molecule has 2 aromatic heterocycles. The third-order valence-electron chi connectivity index (χ3n) is 5.60. The summed E-state index contributed by atoms with van der Waals surface area (Å²) in [5, 5.41) is 1.61. The Balaban J connectivity index is 1.73. The molecule has 4 aromatic rings. The van der Waals surface area contributed by atoms with Gasteiger partial charge in [0.05, 0.1) is 21.3 Å². The minimum absolute atomic E-state index is 0.0913. The molecule has 0 radical (unpaired) electrons. The lowest BCUT2D eigenvalue weighted by Crippen LogP contribution is -2.42. The summed E-state index contributed by atoms with van der Waals surface area (Å²) >= 11 is 1.51. The van der Waals surface area contributed by atoms with Crippen molar-refractivity contribution in [1.29, 1.82) is 0 Å². The van der Waals surface area contributed by atoms with Crippen molar-refractivity contribution in [2.75, 3.05) is 11.9 Å². The average molecular weight is 388 g/mol. The van der Waals surface area contributed by atoms with Gasteiger partial charge in [-0.25, -0.2) is 9.78 Å². The summed E-state index contributed by atoms with van der Waals surface area (Å²) in [6.07, 6.45) is 2.27. The minimum Gasteiger partial charge on any atom is -0.422 e. The molecule has 0 saturated carbocycles. The fourth-order valence-corrected chi connectivity index (χ4v) is 4.87. The van der Waals surface area contributed by atoms with Gasteiger partial charge in [0.15, 0.2) is 0 Å². The van der Waals surface area contributed by atoms with Crippen molar-refractivity contribution in [1.82, 2.24) is 4.98 Å². The number of fused-ring (bicyclic) bond motifs is 3. The first kappa shape index (κ1) is 17.2. The van der Waals surface area contributed by atoms with Crippen LogP contribution in [0.3, 0.4) is 0 Å². The summed E-state index contributed by atoms with van der Waals surface area (Å²) in [6, 6.07) is 13.9. The molecule has 0 atom stereocenters. The van der Waals surface area contributed by atoms with Crippen LogP contribution in [0.1, 0.15) is 26.3 Å². The summed E-state index contributed by atoms with van der Waals surface area (Å²) in [5.74, 6) is 0. The second-order valence-electron chi connectivity index (χ2n) is 7.88. The van der Waals surface area contributed by atoms with Crippen LogP contribution in [0.2, 0.25) is 0 Å². The summed E-state index contributed by atoms with van der Waals surface area (Å²) < 4.78 is 6.79. The molecule has 0 unspecified atom stereocenters.